The Labute approximate surface area is 172 Å². The molecule has 1 aromatic carbocycles. The number of piperidine rings is 1. The molecule has 158 valence electrons. The maximum atomic E-state index is 12.8. The van der Waals surface area contributed by atoms with E-state index in [4.69, 9.17) is 4.74 Å². The Hall–Kier alpha value is -2.41. The van der Waals surface area contributed by atoms with E-state index in [0.29, 0.717) is 24.8 Å². The van der Waals surface area contributed by atoms with Crippen LogP contribution in [0.4, 0.5) is 10.5 Å². The number of carbonyl (C=O) groups is 3. The molecule has 0 aromatic heterocycles. The molecule has 1 aromatic rings. The van der Waals surface area contributed by atoms with Gasteiger partial charge in [-0.15, -0.1) is 0 Å². The van der Waals surface area contributed by atoms with Gasteiger partial charge in [-0.25, -0.2) is 9.69 Å². The Kier molecular flexibility index (Phi) is 6.27. The predicted octanol–water partition coefficient (Wildman–Crippen LogP) is 2.68. The van der Waals surface area contributed by atoms with Gasteiger partial charge in [0, 0.05) is 6.54 Å². The van der Waals surface area contributed by atoms with Crippen LogP contribution in [0.1, 0.15) is 46.1 Å². The Morgan fingerprint density at radius 2 is 1.90 bits per heavy atom. The topological polar surface area (TPSA) is 79.0 Å². The molecule has 29 heavy (non-hydrogen) atoms. The molecule has 2 aliphatic heterocycles. The van der Waals surface area contributed by atoms with Gasteiger partial charge < -0.3 is 10.1 Å². The number of hydrogen-bond donors (Lipinski definition) is 1. The van der Waals surface area contributed by atoms with Gasteiger partial charge in [0.2, 0.25) is 5.91 Å². The first-order chi connectivity index (χ1) is 13.8. The van der Waals surface area contributed by atoms with Crippen LogP contribution in [0.25, 0.3) is 0 Å². The number of nitrogens with zero attached hydrogens (tertiary/aromatic N) is 2. The summed E-state index contributed by atoms with van der Waals surface area (Å²) < 4.78 is 5.10. The highest BCUT2D eigenvalue weighted by Crippen LogP contribution is 2.41. The van der Waals surface area contributed by atoms with E-state index in [0.717, 1.165) is 31.5 Å². The summed E-state index contributed by atoms with van der Waals surface area (Å²) in [5, 5.41) is 2.95. The van der Waals surface area contributed by atoms with Gasteiger partial charge in [-0.05, 0) is 71.2 Å². The number of rotatable bonds is 5. The van der Waals surface area contributed by atoms with Gasteiger partial charge in [-0.3, -0.25) is 14.5 Å². The van der Waals surface area contributed by atoms with E-state index in [1.807, 2.05) is 52.0 Å². The average Bonchev–Trinajstić information content (AvgIpc) is 2.92. The van der Waals surface area contributed by atoms with E-state index in [1.54, 1.807) is 0 Å². The second-order valence-electron chi connectivity index (χ2n) is 8.38. The average molecular weight is 402 g/mol. The SMILES string of the molecule is CCOC(=O)C(C)N1CCC(CNC(=O)N2C(=O)C(C)(C)c3ccccc32)CC1. The van der Waals surface area contributed by atoms with Crippen molar-refractivity contribution in [3.63, 3.8) is 0 Å². The summed E-state index contributed by atoms with van der Waals surface area (Å²) in [6.45, 7) is 9.87. The van der Waals surface area contributed by atoms with E-state index in [9.17, 15) is 14.4 Å². The lowest BCUT2D eigenvalue weighted by atomic mass is 9.86. The van der Waals surface area contributed by atoms with Crippen LogP contribution in [0.5, 0.6) is 0 Å². The zero-order chi connectivity index (χ0) is 21.2. The molecule has 2 aliphatic rings. The predicted molar refractivity (Wildman–Crippen MR) is 111 cm³/mol. The maximum Gasteiger partial charge on any atom is 0.328 e. The third-order valence-electron chi connectivity index (χ3n) is 6.13. The zero-order valence-corrected chi connectivity index (χ0v) is 17.7. The normalized spacial score (nSPS) is 20.3. The quantitative estimate of drug-likeness (QED) is 0.768. The molecular formula is C22H31N3O4. The van der Waals surface area contributed by atoms with Crippen LogP contribution in [0.3, 0.4) is 0 Å². The molecule has 1 unspecified atom stereocenters. The van der Waals surface area contributed by atoms with Crippen molar-refractivity contribution >= 4 is 23.6 Å². The van der Waals surface area contributed by atoms with Crippen molar-refractivity contribution in [2.45, 2.75) is 52.0 Å². The van der Waals surface area contributed by atoms with E-state index in [2.05, 4.69) is 10.2 Å². The first-order valence-electron chi connectivity index (χ1n) is 10.4. The lowest BCUT2D eigenvalue weighted by Crippen LogP contribution is -2.49. The summed E-state index contributed by atoms with van der Waals surface area (Å²) >= 11 is 0. The Balaban J connectivity index is 1.54. The van der Waals surface area contributed by atoms with Crippen LogP contribution >= 0.6 is 0 Å². The van der Waals surface area contributed by atoms with Gasteiger partial charge in [0.05, 0.1) is 17.7 Å². The van der Waals surface area contributed by atoms with E-state index < -0.39 is 5.41 Å². The highest BCUT2D eigenvalue weighted by Gasteiger charge is 2.46. The zero-order valence-electron chi connectivity index (χ0n) is 17.7. The van der Waals surface area contributed by atoms with Crippen molar-refractivity contribution in [3.05, 3.63) is 29.8 Å². The lowest BCUT2D eigenvalue weighted by Gasteiger charge is -2.35. The van der Waals surface area contributed by atoms with Crippen LogP contribution in [0.2, 0.25) is 0 Å². The highest BCUT2D eigenvalue weighted by atomic mass is 16.5. The molecule has 0 aliphatic carbocycles. The van der Waals surface area contributed by atoms with E-state index in [1.165, 1.54) is 4.90 Å². The number of hydrogen-bond acceptors (Lipinski definition) is 5. The number of likely N-dealkylation sites (tertiary alicyclic amines) is 1. The highest BCUT2D eigenvalue weighted by molar-refractivity contribution is 6.22. The van der Waals surface area contributed by atoms with Crippen LogP contribution in [-0.2, 0) is 19.7 Å². The molecule has 1 fully saturated rings. The molecule has 1 saturated heterocycles. The smallest absolute Gasteiger partial charge is 0.328 e. The van der Waals surface area contributed by atoms with Crippen LogP contribution in [0.15, 0.2) is 24.3 Å². The van der Waals surface area contributed by atoms with Crippen molar-refractivity contribution < 1.29 is 19.1 Å². The summed E-state index contributed by atoms with van der Waals surface area (Å²) in [6.07, 6.45) is 1.78. The number of imide groups is 1. The van der Waals surface area contributed by atoms with Crippen LogP contribution < -0.4 is 10.2 Å². The Morgan fingerprint density at radius 1 is 1.24 bits per heavy atom. The number of para-hydroxylation sites is 1. The molecule has 1 N–H and O–H groups in total. The second kappa shape index (κ2) is 8.53. The first-order valence-corrected chi connectivity index (χ1v) is 10.4. The Morgan fingerprint density at radius 3 is 2.55 bits per heavy atom. The van der Waals surface area contributed by atoms with E-state index in [-0.39, 0.29) is 23.9 Å². The van der Waals surface area contributed by atoms with Crippen molar-refractivity contribution in [2.75, 3.05) is 31.1 Å². The summed E-state index contributed by atoms with van der Waals surface area (Å²) in [5.41, 5.74) is 0.835. The maximum absolute atomic E-state index is 12.8. The third-order valence-corrected chi connectivity index (χ3v) is 6.13. The number of fused-ring (bicyclic) bond motifs is 1. The van der Waals surface area contributed by atoms with Gasteiger partial charge in [0.1, 0.15) is 6.04 Å². The Bertz CT molecular complexity index is 784. The number of ether oxygens (including phenoxy) is 1. The van der Waals surface area contributed by atoms with Crippen molar-refractivity contribution in [3.8, 4) is 0 Å². The van der Waals surface area contributed by atoms with Gasteiger partial charge in [-0.2, -0.15) is 0 Å². The van der Waals surface area contributed by atoms with Gasteiger partial charge in [-0.1, -0.05) is 18.2 Å². The third kappa shape index (κ3) is 4.15. The molecule has 7 heteroatoms. The second-order valence-corrected chi connectivity index (χ2v) is 8.38. The minimum atomic E-state index is -0.706. The monoisotopic (exact) mass is 401 g/mol. The van der Waals surface area contributed by atoms with Gasteiger partial charge in [0.25, 0.3) is 0 Å². The molecule has 0 saturated carbocycles. The van der Waals surface area contributed by atoms with E-state index >= 15 is 0 Å². The molecular weight excluding hydrogens is 370 g/mol. The molecule has 7 nitrogen and oxygen atoms in total. The minimum absolute atomic E-state index is 0.187. The molecule has 3 rings (SSSR count). The molecule has 0 radical (unpaired) electrons. The van der Waals surface area contributed by atoms with Crippen molar-refractivity contribution in [1.82, 2.24) is 10.2 Å². The van der Waals surface area contributed by atoms with Gasteiger partial charge >= 0.3 is 12.0 Å². The number of carbonyl (C=O) groups excluding carboxylic acids is 3. The van der Waals surface area contributed by atoms with Gasteiger partial charge in [0.15, 0.2) is 0 Å². The minimum Gasteiger partial charge on any atom is -0.465 e. The molecule has 0 spiro atoms. The fourth-order valence-electron chi connectivity index (χ4n) is 4.17. The molecule has 1 atom stereocenters. The number of amides is 3. The summed E-state index contributed by atoms with van der Waals surface area (Å²) in [4.78, 5) is 40.9. The molecule has 3 amide bonds. The molecule has 0 bridgehead atoms. The number of urea groups is 1. The number of esters is 1. The fourth-order valence-corrected chi connectivity index (χ4v) is 4.17. The summed E-state index contributed by atoms with van der Waals surface area (Å²) in [5.74, 6) is -0.0621. The van der Waals surface area contributed by atoms with Crippen molar-refractivity contribution in [1.29, 1.82) is 0 Å². The summed E-state index contributed by atoms with van der Waals surface area (Å²) in [7, 11) is 0. The molecule has 2 heterocycles. The number of benzene rings is 1. The summed E-state index contributed by atoms with van der Waals surface area (Å²) in [6, 6.07) is 6.84. The van der Waals surface area contributed by atoms with Crippen molar-refractivity contribution in [2.24, 2.45) is 5.92 Å². The van der Waals surface area contributed by atoms with Crippen LogP contribution in [0, 0.1) is 5.92 Å². The number of nitrogens with one attached hydrogen (secondary N) is 1. The largest absolute Gasteiger partial charge is 0.465 e. The fraction of sp³-hybridized carbons (Fsp3) is 0.591. The van der Waals surface area contributed by atoms with Crippen LogP contribution in [-0.4, -0.2) is 55.1 Å². The first kappa shape index (κ1) is 21.3. The number of anilines is 1. The lowest BCUT2D eigenvalue weighted by molar-refractivity contribution is -0.149. The standard InChI is InChI=1S/C22H31N3O4/c1-5-29-19(26)15(2)24-12-10-16(11-13-24)14-23-21(28)25-18-9-7-6-8-17(18)22(3,4)20(25)27/h6-9,15-16H,5,10-14H2,1-4H3,(H,23,28).